The van der Waals surface area contributed by atoms with Crippen molar-refractivity contribution < 1.29 is 23.9 Å². The van der Waals surface area contributed by atoms with E-state index in [1.54, 1.807) is 13.8 Å². The Morgan fingerprint density at radius 3 is 1.90 bits per heavy atom. The second-order valence-electron chi connectivity index (χ2n) is 3.92. The number of carbonyl (C=O) groups is 3. The van der Waals surface area contributed by atoms with Crippen molar-refractivity contribution in [3.63, 3.8) is 0 Å². The summed E-state index contributed by atoms with van der Waals surface area (Å²) in [6.07, 6.45) is 1.24. The molecule has 112 valence electrons. The van der Waals surface area contributed by atoms with E-state index in [-0.39, 0.29) is 13.2 Å². The Morgan fingerprint density at radius 2 is 1.55 bits per heavy atom. The van der Waals surface area contributed by atoms with Crippen molar-refractivity contribution in [1.29, 1.82) is 0 Å². The molecule has 1 N–H and O–H groups in total. The molecule has 20 heavy (non-hydrogen) atoms. The normalized spacial score (nSPS) is 10.0. The first kappa shape index (κ1) is 18.0. The van der Waals surface area contributed by atoms with Crippen LogP contribution in [0.15, 0.2) is 0 Å². The van der Waals surface area contributed by atoms with E-state index < -0.39 is 23.4 Å². The number of rotatable bonds is 6. The highest BCUT2D eigenvalue weighted by Crippen LogP contribution is 2.11. The topological polar surface area (TPSA) is 81.7 Å². The van der Waals surface area contributed by atoms with Crippen LogP contribution in [0.3, 0.4) is 0 Å². The summed E-state index contributed by atoms with van der Waals surface area (Å²) in [7, 11) is 0. The molecule has 6 heteroatoms. The number of unbranched alkanes of at least 4 members (excludes halogenated alkanes) is 1. The van der Waals surface area contributed by atoms with Crippen LogP contribution < -0.4 is 5.32 Å². The maximum Gasteiger partial charge on any atom is 0.356 e. The highest BCUT2D eigenvalue weighted by molar-refractivity contribution is 6.11. The summed E-state index contributed by atoms with van der Waals surface area (Å²) in [5.74, 6) is 2.76. The third-order valence-electron chi connectivity index (χ3n) is 2.18. The van der Waals surface area contributed by atoms with Crippen molar-refractivity contribution in [2.45, 2.75) is 46.1 Å². The predicted octanol–water partition coefficient (Wildman–Crippen LogP) is 0.791. The summed E-state index contributed by atoms with van der Waals surface area (Å²) >= 11 is 0. The lowest BCUT2D eigenvalue weighted by molar-refractivity contribution is -0.164. The number of hydrogen-bond acceptors (Lipinski definition) is 5. The first-order valence-corrected chi connectivity index (χ1v) is 6.57. The smallest absolute Gasteiger partial charge is 0.356 e. The van der Waals surface area contributed by atoms with Gasteiger partial charge in [0, 0.05) is 13.3 Å². The zero-order valence-electron chi connectivity index (χ0n) is 12.4. The molecule has 6 nitrogen and oxygen atoms in total. The largest absolute Gasteiger partial charge is 0.463 e. The zero-order valence-corrected chi connectivity index (χ0v) is 12.4. The molecule has 0 spiro atoms. The van der Waals surface area contributed by atoms with Gasteiger partial charge in [-0.3, -0.25) is 4.79 Å². The fourth-order valence-electron chi connectivity index (χ4n) is 1.38. The molecule has 0 saturated heterocycles. The molecule has 0 fully saturated rings. The van der Waals surface area contributed by atoms with Crippen LogP contribution in [0.1, 0.15) is 40.5 Å². The molecular formula is C14H21NO5. The van der Waals surface area contributed by atoms with Crippen LogP contribution in [0.2, 0.25) is 0 Å². The molecule has 0 aromatic heterocycles. The van der Waals surface area contributed by atoms with Crippen LogP contribution in [0.4, 0.5) is 0 Å². The minimum atomic E-state index is -2.09. The Kier molecular flexibility index (Phi) is 8.06. The van der Waals surface area contributed by atoms with Gasteiger partial charge < -0.3 is 14.8 Å². The molecule has 0 atom stereocenters. The fraction of sp³-hybridized carbons (Fsp3) is 0.643. The lowest BCUT2D eigenvalue weighted by atomic mass is 10.00. The molecule has 0 aliphatic rings. The molecule has 0 unspecified atom stereocenters. The molecule has 0 rings (SSSR count). The summed E-state index contributed by atoms with van der Waals surface area (Å²) in [6, 6.07) is 0. The van der Waals surface area contributed by atoms with E-state index >= 15 is 0 Å². The van der Waals surface area contributed by atoms with Gasteiger partial charge >= 0.3 is 11.9 Å². The highest BCUT2D eigenvalue weighted by atomic mass is 16.6. The second kappa shape index (κ2) is 8.97. The average molecular weight is 283 g/mol. The van der Waals surface area contributed by atoms with Gasteiger partial charge in [-0.1, -0.05) is 18.8 Å². The molecule has 1 amide bonds. The average Bonchev–Trinajstić information content (AvgIpc) is 2.37. The van der Waals surface area contributed by atoms with E-state index in [4.69, 9.17) is 9.47 Å². The van der Waals surface area contributed by atoms with Crippen LogP contribution in [0, 0.1) is 11.8 Å². The predicted molar refractivity (Wildman–Crippen MR) is 72.5 cm³/mol. The lowest BCUT2D eigenvalue weighted by Crippen LogP contribution is -2.60. The van der Waals surface area contributed by atoms with Gasteiger partial charge in [-0.15, -0.1) is 0 Å². The summed E-state index contributed by atoms with van der Waals surface area (Å²) < 4.78 is 9.70. The van der Waals surface area contributed by atoms with Gasteiger partial charge in [-0.05, 0) is 20.3 Å². The Labute approximate surface area is 119 Å². The van der Waals surface area contributed by atoms with Crippen LogP contribution in [-0.2, 0) is 23.9 Å². The van der Waals surface area contributed by atoms with Gasteiger partial charge in [0.2, 0.25) is 5.91 Å². The molecule has 0 saturated carbocycles. The summed E-state index contributed by atoms with van der Waals surface area (Å²) in [6.45, 7) is 6.42. The van der Waals surface area contributed by atoms with Gasteiger partial charge in [-0.25, -0.2) is 9.59 Å². The minimum absolute atomic E-state index is 0.0645. The number of nitrogens with one attached hydrogen (secondary N) is 1. The SMILES string of the molecule is CCCC#CC(NC(C)=O)(C(=O)OCC)C(=O)OCC. The Bertz CT molecular complexity index is 401. The monoisotopic (exact) mass is 283 g/mol. The van der Waals surface area contributed by atoms with Gasteiger partial charge in [0.15, 0.2) is 0 Å². The molecular weight excluding hydrogens is 262 g/mol. The number of amides is 1. The first-order valence-electron chi connectivity index (χ1n) is 6.57. The molecule has 0 bridgehead atoms. The van der Waals surface area contributed by atoms with Crippen LogP contribution in [0.25, 0.3) is 0 Å². The maximum absolute atomic E-state index is 12.1. The van der Waals surface area contributed by atoms with Crippen molar-refractivity contribution in [3.8, 4) is 11.8 Å². The van der Waals surface area contributed by atoms with E-state index in [1.165, 1.54) is 6.92 Å². The quantitative estimate of drug-likeness (QED) is 0.443. The lowest BCUT2D eigenvalue weighted by Gasteiger charge is -2.24. The van der Waals surface area contributed by atoms with E-state index in [9.17, 15) is 14.4 Å². The highest BCUT2D eigenvalue weighted by Gasteiger charge is 2.49. The van der Waals surface area contributed by atoms with Gasteiger partial charge in [0.05, 0.1) is 13.2 Å². The van der Waals surface area contributed by atoms with E-state index in [0.29, 0.717) is 6.42 Å². The standard InChI is InChI=1S/C14H21NO5/c1-5-8-9-10-14(15-11(4)16,12(17)19-6-2)13(18)20-7-3/h5-8H2,1-4H3,(H,15,16). The fourth-order valence-corrected chi connectivity index (χ4v) is 1.38. The third kappa shape index (κ3) is 4.92. The van der Waals surface area contributed by atoms with Crippen molar-refractivity contribution in [1.82, 2.24) is 5.32 Å². The Morgan fingerprint density at radius 1 is 1.05 bits per heavy atom. The Balaban J connectivity index is 5.63. The van der Waals surface area contributed by atoms with Gasteiger partial charge in [0.1, 0.15) is 0 Å². The number of ether oxygens (including phenoxy) is 2. The molecule has 0 aliphatic heterocycles. The van der Waals surface area contributed by atoms with Crippen molar-refractivity contribution in [2.24, 2.45) is 0 Å². The molecule has 0 radical (unpaired) electrons. The van der Waals surface area contributed by atoms with Crippen molar-refractivity contribution >= 4 is 17.8 Å². The van der Waals surface area contributed by atoms with E-state index in [1.807, 2.05) is 6.92 Å². The van der Waals surface area contributed by atoms with Crippen LogP contribution in [-0.4, -0.2) is 36.6 Å². The minimum Gasteiger partial charge on any atom is -0.463 e. The number of hydrogen-bond donors (Lipinski definition) is 1. The molecule has 0 aromatic carbocycles. The maximum atomic E-state index is 12.1. The van der Waals surface area contributed by atoms with E-state index in [2.05, 4.69) is 17.2 Å². The van der Waals surface area contributed by atoms with E-state index in [0.717, 1.165) is 6.42 Å². The zero-order chi connectivity index (χ0) is 15.6. The van der Waals surface area contributed by atoms with Crippen LogP contribution >= 0.6 is 0 Å². The molecule has 0 aromatic rings. The number of carbonyl (C=O) groups excluding carboxylic acids is 3. The summed E-state index contributed by atoms with van der Waals surface area (Å²) in [5, 5.41) is 2.26. The Hall–Kier alpha value is -2.03. The summed E-state index contributed by atoms with van der Waals surface area (Å²) in [4.78, 5) is 35.5. The first-order chi connectivity index (χ1) is 9.44. The van der Waals surface area contributed by atoms with Gasteiger partial charge in [0.25, 0.3) is 5.54 Å². The molecule has 0 heterocycles. The van der Waals surface area contributed by atoms with Crippen LogP contribution in [0.5, 0.6) is 0 Å². The second-order valence-corrected chi connectivity index (χ2v) is 3.92. The summed E-state index contributed by atoms with van der Waals surface area (Å²) in [5.41, 5.74) is -2.09. The third-order valence-corrected chi connectivity index (χ3v) is 2.18. The number of esters is 2. The van der Waals surface area contributed by atoms with Crippen molar-refractivity contribution in [2.75, 3.05) is 13.2 Å². The molecule has 0 aliphatic carbocycles. The van der Waals surface area contributed by atoms with Gasteiger partial charge in [-0.2, -0.15) is 0 Å². The van der Waals surface area contributed by atoms with Crippen molar-refractivity contribution in [3.05, 3.63) is 0 Å².